The summed E-state index contributed by atoms with van der Waals surface area (Å²) in [5.41, 5.74) is 2.20. The number of hydrogen-bond acceptors (Lipinski definition) is 6. The zero-order valence-corrected chi connectivity index (χ0v) is 13.6. The van der Waals surface area contributed by atoms with Crippen LogP contribution in [0, 0.1) is 0 Å². The molecule has 2 heterocycles. The molecule has 114 valence electrons. The van der Waals surface area contributed by atoms with Crippen molar-refractivity contribution >= 4 is 16.5 Å². The van der Waals surface area contributed by atoms with E-state index < -0.39 is 0 Å². The number of nitrogens with zero attached hydrogens (tertiary/aromatic N) is 3. The number of thiazole rings is 1. The SMILES string of the molecule is CCNCc1sc(N(C)Cc2cccnc2)nc1COC. The van der Waals surface area contributed by atoms with E-state index in [9.17, 15) is 0 Å². The van der Waals surface area contributed by atoms with Crippen LogP contribution in [-0.4, -0.2) is 30.7 Å². The maximum Gasteiger partial charge on any atom is 0.185 e. The van der Waals surface area contributed by atoms with Gasteiger partial charge in [-0.25, -0.2) is 4.98 Å². The van der Waals surface area contributed by atoms with Crippen LogP contribution in [0.15, 0.2) is 24.5 Å². The zero-order chi connectivity index (χ0) is 15.1. The number of aromatic nitrogens is 2. The van der Waals surface area contributed by atoms with Crippen LogP contribution in [-0.2, 0) is 24.4 Å². The first kappa shape index (κ1) is 15.9. The molecule has 2 rings (SSSR count). The van der Waals surface area contributed by atoms with Gasteiger partial charge in [-0.1, -0.05) is 13.0 Å². The van der Waals surface area contributed by atoms with Gasteiger partial charge in [-0.05, 0) is 18.2 Å². The predicted octanol–water partition coefficient (Wildman–Crippen LogP) is 2.43. The number of methoxy groups -OCH3 is 1. The Hall–Kier alpha value is -1.50. The Morgan fingerprint density at radius 3 is 2.95 bits per heavy atom. The highest BCUT2D eigenvalue weighted by Gasteiger charge is 2.14. The van der Waals surface area contributed by atoms with Crippen molar-refractivity contribution in [3.05, 3.63) is 40.7 Å². The fourth-order valence-electron chi connectivity index (χ4n) is 1.99. The molecule has 0 fully saturated rings. The van der Waals surface area contributed by atoms with Crippen LogP contribution in [0.3, 0.4) is 0 Å². The minimum absolute atomic E-state index is 0.554. The van der Waals surface area contributed by atoms with Gasteiger partial charge < -0.3 is 15.0 Å². The quantitative estimate of drug-likeness (QED) is 0.812. The first-order valence-corrected chi connectivity index (χ1v) is 7.84. The summed E-state index contributed by atoms with van der Waals surface area (Å²) in [5.74, 6) is 0. The van der Waals surface area contributed by atoms with E-state index in [1.807, 2.05) is 12.3 Å². The van der Waals surface area contributed by atoms with Crippen molar-refractivity contribution in [1.29, 1.82) is 0 Å². The summed E-state index contributed by atoms with van der Waals surface area (Å²) >= 11 is 1.72. The summed E-state index contributed by atoms with van der Waals surface area (Å²) in [7, 11) is 3.76. The molecule has 1 N–H and O–H groups in total. The van der Waals surface area contributed by atoms with Crippen molar-refractivity contribution < 1.29 is 4.74 Å². The molecule has 2 aromatic heterocycles. The van der Waals surface area contributed by atoms with E-state index in [0.29, 0.717) is 6.61 Å². The van der Waals surface area contributed by atoms with Crippen molar-refractivity contribution in [2.24, 2.45) is 0 Å². The maximum atomic E-state index is 5.25. The highest BCUT2D eigenvalue weighted by molar-refractivity contribution is 7.15. The van der Waals surface area contributed by atoms with Gasteiger partial charge in [0.2, 0.25) is 0 Å². The third-order valence-electron chi connectivity index (χ3n) is 3.05. The third-order valence-corrected chi connectivity index (χ3v) is 4.26. The maximum absolute atomic E-state index is 5.25. The van der Waals surface area contributed by atoms with Crippen LogP contribution in [0.2, 0.25) is 0 Å². The van der Waals surface area contributed by atoms with Gasteiger partial charge in [0.15, 0.2) is 5.13 Å². The fraction of sp³-hybridized carbons (Fsp3) is 0.467. The Morgan fingerprint density at radius 2 is 2.29 bits per heavy atom. The molecule has 0 aromatic carbocycles. The number of anilines is 1. The van der Waals surface area contributed by atoms with E-state index in [-0.39, 0.29) is 0 Å². The van der Waals surface area contributed by atoms with Gasteiger partial charge in [0, 0.05) is 44.5 Å². The molecule has 0 amide bonds. The molecular weight excluding hydrogens is 284 g/mol. The summed E-state index contributed by atoms with van der Waals surface area (Å²) < 4.78 is 5.25. The van der Waals surface area contributed by atoms with E-state index in [1.54, 1.807) is 24.6 Å². The molecule has 0 saturated carbocycles. The van der Waals surface area contributed by atoms with Gasteiger partial charge in [0.1, 0.15) is 0 Å². The highest BCUT2D eigenvalue weighted by Crippen LogP contribution is 2.27. The first-order chi connectivity index (χ1) is 10.2. The standard InChI is InChI=1S/C15H22N4OS/c1-4-16-9-14-13(11-20-3)18-15(21-14)19(2)10-12-6-5-7-17-8-12/h5-8,16H,4,9-11H2,1-3H3. The molecule has 0 unspecified atom stereocenters. The zero-order valence-electron chi connectivity index (χ0n) is 12.8. The summed E-state index contributed by atoms with van der Waals surface area (Å²) in [6, 6.07) is 4.03. The van der Waals surface area contributed by atoms with E-state index in [1.165, 1.54) is 10.4 Å². The molecule has 2 aromatic rings. The summed E-state index contributed by atoms with van der Waals surface area (Å²) in [6.45, 7) is 5.25. The third kappa shape index (κ3) is 4.49. The number of nitrogens with one attached hydrogen (secondary N) is 1. The van der Waals surface area contributed by atoms with Crippen molar-refractivity contribution in [2.75, 3.05) is 25.6 Å². The number of hydrogen-bond donors (Lipinski definition) is 1. The lowest BCUT2D eigenvalue weighted by Gasteiger charge is -2.15. The second-order valence-corrected chi connectivity index (χ2v) is 5.86. The highest BCUT2D eigenvalue weighted by atomic mass is 32.1. The molecule has 5 nitrogen and oxygen atoms in total. The van der Waals surface area contributed by atoms with Crippen molar-refractivity contribution in [1.82, 2.24) is 15.3 Å². The average Bonchev–Trinajstić information content (AvgIpc) is 2.90. The molecule has 21 heavy (non-hydrogen) atoms. The molecule has 0 spiro atoms. The topological polar surface area (TPSA) is 50.3 Å². The molecule has 0 atom stereocenters. The molecular formula is C15H22N4OS. The van der Waals surface area contributed by atoms with Crippen molar-refractivity contribution in [3.63, 3.8) is 0 Å². The lowest BCUT2D eigenvalue weighted by molar-refractivity contribution is 0.181. The van der Waals surface area contributed by atoms with Gasteiger partial charge >= 0.3 is 0 Å². The van der Waals surface area contributed by atoms with E-state index in [0.717, 1.165) is 30.5 Å². The minimum Gasteiger partial charge on any atom is -0.378 e. The van der Waals surface area contributed by atoms with Crippen LogP contribution in [0.1, 0.15) is 23.1 Å². The van der Waals surface area contributed by atoms with Gasteiger partial charge in [-0.15, -0.1) is 11.3 Å². The Bertz CT molecular complexity index is 544. The lowest BCUT2D eigenvalue weighted by Crippen LogP contribution is -2.16. The normalized spacial score (nSPS) is 10.8. The van der Waals surface area contributed by atoms with E-state index in [2.05, 4.69) is 35.2 Å². The molecule has 6 heteroatoms. The second-order valence-electron chi connectivity index (χ2n) is 4.80. The molecule has 0 aliphatic carbocycles. The van der Waals surface area contributed by atoms with Crippen LogP contribution in [0.25, 0.3) is 0 Å². The van der Waals surface area contributed by atoms with Crippen molar-refractivity contribution in [3.8, 4) is 0 Å². The lowest BCUT2D eigenvalue weighted by atomic mass is 10.3. The molecule has 0 bridgehead atoms. The Balaban J connectivity index is 2.10. The van der Waals surface area contributed by atoms with E-state index >= 15 is 0 Å². The number of ether oxygens (including phenoxy) is 1. The second kappa shape index (κ2) is 8.07. The van der Waals surface area contributed by atoms with E-state index in [4.69, 9.17) is 9.72 Å². The van der Waals surface area contributed by atoms with Crippen LogP contribution >= 0.6 is 11.3 Å². The largest absolute Gasteiger partial charge is 0.378 e. The fourth-order valence-corrected chi connectivity index (χ4v) is 2.99. The van der Waals surface area contributed by atoms with Crippen LogP contribution < -0.4 is 10.2 Å². The van der Waals surface area contributed by atoms with Crippen molar-refractivity contribution in [2.45, 2.75) is 26.6 Å². The monoisotopic (exact) mass is 306 g/mol. The number of rotatable bonds is 8. The van der Waals surface area contributed by atoms with Crippen LogP contribution in [0.4, 0.5) is 5.13 Å². The van der Waals surface area contributed by atoms with Gasteiger partial charge in [-0.3, -0.25) is 4.98 Å². The van der Waals surface area contributed by atoms with Gasteiger partial charge in [0.05, 0.1) is 12.3 Å². The summed E-state index contributed by atoms with van der Waals surface area (Å²) in [4.78, 5) is 12.2. The minimum atomic E-state index is 0.554. The molecule has 0 saturated heterocycles. The summed E-state index contributed by atoms with van der Waals surface area (Å²) in [6.07, 6.45) is 3.68. The van der Waals surface area contributed by atoms with Crippen LogP contribution in [0.5, 0.6) is 0 Å². The van der Waals surface area contributed by atoms with Gasteiger partial charge in [-0.2, -0.15) is 0 Å². The summed E-state index contributed by atoms with van der Waals surface area (Å²) in [5, 5.41) is 4.36. The predicted molar refractivity (Wildman–Crippen MR) is 86.6 cm³/mol. The Kier molecular flexibility index (Phi) is 6.10. The van der Waals surface area contributed by atoms with Gasteiger partial charge in [0.25, 0.3) is 0 Å². The molecule has 0 aliphatic rings. The Morgan fingerprint density at radius 1 is 1.43 bits per heavy atom. The molecule has 0 radical (unpaired) electrons. The number of pyridine rings is 1. The average molecular weight is 306 g/mol. The smallest absolute Gasteiger partial charge is 0.185 e. The molecule has 0 aliphatic heterocycles. The Labute approximate surface area is 130 Å². The first-order valence-electron chi connectivity index (χ1n) is 7.02.